The first kappa shape index (κ1) is 21.8. The molecule has 0 saturated carbocycles. The maximum atomic E-state index is 12.6. The van der Waals surface area contributed by atoms with E-state index in [-0.39, 0.29) is 15.5 Å². The Morgan fingerprint density at radius 3 is 2.47 bits per heavy atom. The number of carbonyl (C=O) groups is 2. The third kappa shape index (κ3) is 4.62. The number of hydrogen-bond acceptors (Lipinski definition) is 5. The molecule has 1 unspecified atom stereocenters. The van der Waals surface area contributed by atoms with E-state index in [9.17, 15) is 18.0 Å². The van der Waals surface area contributed by atoms with Gasteiger partial charge in [-0.25, -0.2) is 17.9 Å². The highest BCUT2D eigenvalue weighted by Gasteiger charge is 2.23. The first-order valence-electron chi connectivity index (χ1n) is 8.95. The largest absolute Gasteiger partial charge is 0.449 e. The third-order valence-corrected chi connectivity index (χ3v) is 6.18. The lowest BCUT2D eigenvalue weighted by Crippen LogP contribution is -2.30. The monoisotopic (exact) mass is 446 g/mol. The second kappa shape index (κ2) is 8.83. The number of hydrogen-bond donors (Lipinski definition) is 2. The lowest BCUT2D eigenvalue weighted by atomic mass is 10.1. The fourth-order valence-electron chi connectivity index (χ4n) is 2.79. The van der Waals surface area contributed by atoms with Gasteiger partial charge in [0.15, 0.2) is 6.10 Å². The Balaban J connectivity index is 1.77. The first-order valence-corrected chi connectivity index (χ1v) is 10.8. The lowest BCUT2D eigenvalue weighted by Gasteiger charge is -2.15. The van der Waals surface area contributed by atoms with Crippen molar-refractivity contribution in [2.45, 2.75) is 17.9 Å². The van der Waals surface area contributed by atoms with Gasteiger partial charge in [-0.3, -0.25) is 4.79 Å². The Morgan fingerprint density at radius 1 is 1.03 bits per heavy atom. The zero-order valence-corrected chi connectivity index (χ0v) is 17.8. The Hall–Kier alpha value is -2.94. The minimum absolute atomic E-state index is 0.0108. The van der Waals surface area contributed by atoms with Crippen LogP contribution in [0.1, 0.15) is 17.3 Å². The average Bonchev–Trinajstić information content (AvgIpc) is 2.74. The van der Waals surface area contributed by atoms with E-state index in [1.807, 2.05) is 36.4 Å². The van der Waals surface area contributed by atoms with Gasteiger partial charge in [0.05, 0.1) is 15.5 Å². The molecule has 2 N–H and O–H groups in total. The Morgan fingerprint density at radius 2 is 1.73 bits per heavy atom. The Bertz CT molecular complexity index is 1220. The molecule has 0 aliphatic heterocycles. The first-order chi connectivity index (χ1) is 14.2. The molecule has 3 aromatic rings. The van der Waals surface area contributed by atoms with Crippen LogP contribution < -0.4 is 10.0 Å². The van der Waals surface area contributed by atoms with E-state index < -0.39 is 28.0 Å². The van der Waals surface area contributed by atoms with E-state index in [1.54, 1.807) is 6.07 Å². The van der Waals surface area contributed by atoms with Crippen LogP contribution in [0.2, 0.25) is 5.02 Å². The summed E-state index contributed by atoms with van der Waals surface area (Å²) in [5, 5.41) is 4.56. The van der Waals surface area contributed by atoms with Crippen LogP contribution in [0.3, 0.4) is 0 Å². The normalized spacial score (nSPS) is 12.4. The molecular weight excluding hydrogens is 428 g/mol. The van der Waals surface area contributed by atoms with E-state index in [4.69, 9.17) is 16.3 Å². The topological polar surface area (TPSA) is 102 Å². The van der Waals surface area contributed by atoms with Gasteiger partial charge in [-0.2, -0.15) is 0 Å². The molecule has 0 saturated heterocycles. The summed E-state index contributed by atoms with van der Waals surface area (Å²) >= 11 is 6.03. The van der Waals surface area contributed by atoms with Crippen LogP contribution in [0, 0.1) is 0 Å². The van der Waals surface area contributed by atoms with Crippen molar-refractivity contribution >= 4 is 50.0 Å². The van der Waals surface area contributed by atoms with Crippen molar-refractivity contribution < 1.29 is 22.7 Å². The number of amides is 1. The molecule has 3 rings (SSSR count). The smallest absolute Gasteiger partial charge is 0.340 e. The maximum Gasteiger partial charge on any atom is 0.340 e. The van der Waals surface area contributed by atoms with Crippen LogP contribution in [0.25, 0.3) is 10.8 Å². The van der Waals surface area contributed by atoms with Gasteiger partial charge in [0.25, 0.3) is 5.91 Å². The molecular formula is C21H19ClN2O5S. The van der Waals surface area contributed by atoms with E-state index in [0.29, 0.717) is 5.69 Å². The van der Waals surface area contributed by atoms with Crippen LogP contribution >= 0.6 is 11.6 Å². The van der Waals surface area contributed by atoms with Gasteiger partial charge in [0, 0.05) is 11.1 Å². The van der Waals surface area contributed by atoms with Crippen molar-refractivity contribution in [3.8, 4) is 0 Å². The third-order valence-electron chi connectivity index (χ3n) is 4.44. The number of anilines is 1. The van der Waals surface area contributed by atoms with E-state index in [1.165, 1.54) is 26.1 Å². The van der Waals surface area contributed by atoms with Crippen LogP contribution in [0.5, 0.6) is 0 Å². The van der Waals surface area contributed by atoms with Gasteiger partial charge >= 0.3 is 5.97 Å². The van der Waals surface area contributed by atoms with Gasteiger partial charge in [-0.1, -0.05) is 48.0 Å². The van der Waals surface area contributed by atoms with Gasteiger partial charge < -0.3 is 10.1 Å². The number of sulfonamides is 1. The molecule has 0 heterocycles. The van der Waals surface area contributed by atoms with Crippen molar-refractivity contribution in [2.75, 3.05) is 12.4 Å². The zero-order chi connectivity index (χ0) is 21.9. The molecule has 1 amide bonds. The number of ether oxygens (including phenoxy) is 1. The van der Waals surface area contributed by atoms with Crippen molar-refractivity contribution in [1.82, 2.24) is 4.72 Å². The fourth-order valence-corrected chi connectivity index (χ4v) is 3.74. The van der Waals surface area contributed by atoms with Crippen LogP contribution in [-0.4, -0.2) is 33.4 Å². The number of nitrogens with one attached hydrogen (secondary N) is 2. The standard InChI is InChI=1S/C21H19ClN2O5S/c1-13(20(25)24-19-9-5-7-14-6-3-4-8-16(14)19)29-21(26)17-12-15(10-11-18(17)22)30(27,28)23-2/h3-13,23H,1-2H3,(H,24,25). The number of carbonyl (C=O) groups excluding carboxylic acids is 2. The molecule has 0 fully saturated rings. The fraction of sp³-hybridized carbons (Fsp3) is 0.143. The SMILES string of the molecule is CNS(=O)(=O)c1ccc(Cl)c(C(=O)OC(C)C(=O)Nc2cccc3ccccc23)c1. The van der Waals surface area contributed by atoms with Crippen molar-refractivity contribution in [3.63, 3.8) is 0 Å². The minimum Gasteiger partial charge on any atom is -0.449 e. The van der Waals surface area contributed by atoms with Crippen LogP contribution in [0.15, 0.2) is 65.6 Å². The number of benzene rings is 3. The predicted molar refractivity (Wildman–Crippen MR) is 115 cm³/mol. The molecule has 9 heteroatoms. The highest BCUT2D eigenvalue weighted by Crippen LogP contribution is 2.24. The van der Waals surface area contributed by atoms with E-state index >= 15 is 0 Å². The van der Waals surface area contributed by atoms with Gasteiger partial charge in [-0.15, -0.1) is 0 Å². The second-order valence-corrected chi connectivity index (χ2v) is 8.71. The zero-order valence-electron chi connectivity index (χ0n) is 16.2. The molecule has 0 bridgehead atoms. The summed E-state index contributed by atoms with van der Waals surface area (Å²) in [6, 6.07) is 16.7. The van der Waals surface area contributed by atoms with E-state index in [2.05, 4.69) is 10.0 Å². The van der Waals surface area contributed by atoms with Crippen molar-refractivity contribution in [2.24, 2.45) is 0 Å². The summed E-state index contributed by atoms with van der Waals surface area (Å²) in [5.41, 5.74) is 0.430. The Labute approximate surface area is 179 Å². The van der Waals surface area contributed by atoms with Gasteiger partial charge in [0.2, 0.25) is 10.0 Å². The number of fused-ring (bicyclic) bond motifs is 1. The van der Waals surface area contributed by atoms with Gasteiger partial charge in [0.1, 0.15) is 0 Å². The quantitative estimate of drug-likeness (QED) is 0.563. The molecule has 156 valence electrons. The predicted octanol–water partition coefficient (Wildman–Crippen LogP) is 3.59. The highest BCUT2D eigenvalue weighted by atomic mass is 35.5. The molecule has 7 nitrogen and oxygen atoms in total. The summed E-state index contributed by atoms with van der Waals surface area (Å²) in [5.74, 6) is -1.44. The molecule has 0 aliphatic rings. The summed E-state index contributed by atoms with van der Waals surface area (Å²) in [6.45, 7) is 1.42. The van der Waals surface area contributed by atoms with Crippen molar-refractivity contribution in [1.29, 1.82) is 0 Å². The molecule has 0 spiro atoms. The average molecular weight is 447 g/mol. The summed E-state index contributed by atoms with van der Waals surface area (Å²) in [4.78, 5) is 24.9. The molecule has 0 radical (unpaired) electrons. The molecule has 0 aromatic heterocycles. The number of esters is 1. The highest BCUT2D eigenvalue weighted by molar-refractivity contribution is 7.89. The summed E-state index contributed by atoms with van der Waals surface area (Å²) in [7, 11) is -2.52. The summed E-state index contributed by atoms with van der Waals surface area (Å²) in [6.07, 6.45) is -1.14. The van der Waals surface area contributed by atoms with Crippen LogP contribution in [0.4, 0.5) is 5.69 Å². The lowest BCUT2D eigenvalue weighted by molar-refractivity contribution is -0.123. The molecule has 0 aliphatic carbocycles. The second-order valence-electron chi connectivity index (χ2n) is 6.41. The number of halogens is 1. The van der Waals surface area contributed by atoms with Gasteiger partial charge in [-0.05, 0) is 43.6 Å². The number of rotatable bonds is 6. The van der Waals surface area contributed by atoms with Crippen molar-refractivity contribution in [3.05, 3.63) is 71.2 Å². The van der Waals surface area contributed by atoms with Crippen LogP contribution in [-0.2, 0) is 19.6 Å². The molecule has 3 aromatic carbocycles. The van der Waals surface area contributed by atoms with E-state index in [0.717, 1.165) is 16.8 Å². The summed E-state index contributed by atoms with van der Waals surface area (Å²) < 4.78 is 31.3. The minimum atomic E-state index is -3.77. The molecule has 1 atom stereocenters. The Kier molecular flexibility index (Phi) is 6.40. The molecule has 30 heavy (non-hydrogen) atoms. The maximum absolute atomic E-state index is 12.6.